The highest BCUT2D eigenvalue weighted by atomic mass is 32.1. The van der Waals surface area contributed by atoms with Crippen molar-refractivity contribution in [1.82, 2.24) is 5.32 Å². The van der Waals surface area contributed by atoms with Crippen LogP contribution in [0.3, 0.4) is 0 Å². The van der Waals surface area contributed by atoms with Gasteiger partial charge in [0.05, 0.1) is 0 Å². The van der Waals surface area contributed by atoms with Gasteiger partial charge in [0.15, 0.2) is 0 Å². The Balaban J connectivity index is 1.95. The number of hydrogen-bond acceptors (Lipinski definition) is 2. The predicted molar refractivity (Wildman–Crippen MR) is 80.8 cm³/mol. The van der Waals surface area contributed by atoms with Gasteiger partial charge in [0.25, 0.3) is 0 Å². The first-order valence-electron chi connectivity index (χ1n) is 7.71. The molecule has 0 aliphatic heterocycles. The Morgan fingerprint density at radius 1 is 1.11 bits per heavy atom. The second-order valence-electron chi connectivity index (χ2n) is 8.23. The molecule has 3 rings (SSSR count). The zero-order chi connectivity index (χ0) is 13.2. The molecular weight excluding hydrogens is 238 g/mol. The minimum atomic E-state index is 0.325. The van der Waals surface area contributed by atoms with Crippen LogP contribution in [-0.2, 0) is 0 Å². The normalized spacial score (nSPS) is 53.5. The maximum atomic E-state index is 4.44. The van der Waals surface area contributed by atoms with Crippen molar-refractivity contribution in [3.8, 4) is 0 Å². The Hall–Kier alpha value is 0.310. The number of fused-ring (bicyclic) bond motifs is 3. The van der Waals surface area contributed by atoms with Crippen LogP contribution < -0.4 is 5.32 Å². The maximum Gasteiger partial charge on any atom is 0.0391 e. The third-order valence-electron chi connectivity index (χ3n) is 6.89. The molecule has 1 nitrogen and oxygen atoms in total. The summed E-state index contributed by atoms with van der Waals surface area (Å²) in [6.07, 6.45) is 7.10. The molecule has 5 atom stereocenters. The van der Waals surface area contributed by atoms with Crippen molar-refractivity contribution in [2.75, 3.05) is 5.88 Å². The van der Waals surface area contributed by atoms with Crippen LogP contribution in [0.2, 0.25) is 0 Å². The van der Waals surface area contributed by atoms with Gasteiger partial charge in [0, 0.05) is 11.4 Å². The smallest absolute Gasteiger partial charge is 0.0391 e. The van der Waals surface area contributed by atoms with E-state index in [-0.39, 0.29) is 0 Å². The summed E-state index contributed by atoms with van der Waals surface area (Å²) in [5.74, 6) is 3.63. The van der Waals surface area contributed by atoms with Crippen molar-refractivity contribution < 1.29 is 0 Å². The third kappa shape index (κ3) is 1.64. The van der Waals surface area contributed by atoms with Crippen molar-refractivity contribution in [3.63, 3.8) is 0 Å². The van der Waals surface area contributed by atoms with E-state index in [9.17, 15) is 0 Å². The molecule has 3 fully saturated rings. The summed E-state index contributed by atoms with van der Waals surface area (Å²) in [6.45, 7) is 10.1. The molecule has 0 aromatic rings. The summed E-state index contributed by atoms with van der Waals surface area (Å²) >= 11 is 4.44. The average molecular weight is 267 g/mol. The third-order valence-corrected chi connectivity index (χ3v) is 7.05. The van der Waals surface area contributed by atoms with Gasteiger partial charge in [-0.2, -0.15) is 12.6 Å². The van der Waals surface area contributed by atoms with Gasteiger partial charge < -0.3 is 5.32 Å². The first-order valence-corrected chi connectivity index (χ1v) is 8.34. The Bertz CT molecular complexity index is 349. The molecule has 0 unspecified atom stereocenters. The van der Waals surface area contributed by atoms with Crippen LogP contribution in [0.15, 0.2) is 0 Å². The molecule has 0 saturated heterocycles. The van der Waals surface area contributed by atoms with Crippen molar-refractivity contribution in [2.45, 2.75) is 65.3 Å². The molecule has 0 heterocycles. The molecule has 18 heavy (non-hydrogen) atoms. The van der Waals surface area contributed by atoms with Gasteiger partial charge >= 0.3 is 0 Å². The molecule has 0 radical (unpaired) electrons. The van der Waals surface area contributed by atoms with E-state index in [0.29, 0.717) is 16.4 Å². The number of rotatable bonds is 2. The molecule has 0 amide bonds. The Morgan fingerprint density at radius 2 is 1.83 bits per heavy atom. The molecule has 3 saturated carbocycles. The van der Waals surface area contributed by atoms with Crippen LogP contribution in [0.5, 0.6) is 0 Å². The van der Waals surface area contributed by atoms with Gasteiger partial charge in [-0.05, 0) is 61.2 Å². The van der Waals surface area contributed by atoms with Gasteiger partial charge in [-0.3, -0.25) is 0 Å². The van der Waals surface area contributed by atoms with Gasteiger partial charge in [-0.1, -0.05) is 27.2 Å². The first-order chi connectivity index (χ1) is 8.35. The summed E-state index contributed by atoms with van der Waals surface area (Å²) in [6, 6.07) is 0. The monoisotopic (exact) mass is 267 g/mol. The lowest BCUT2D eigenvalue weighted by Crippen LogP contribution is -2.58. The van der Waals surface area contributed by atoms with Crippen molar-refractivity contribution >= 4 is 12.6 Å². The number of thiol groups is 1. The minimum Gasteiger partial charge on any atom is -0.303 e. The quantitative estimate of drug-likeness (QED) is 0.567. The topological polar surface area (TPSA) is 12.0 Å². The fraction of sp³-hybridized carbons (Fsp3) is 1.00. The maximum absolute atomic E-state index is 4.44. The van der Waals surface area contributed by atoms with Crippen molar-refractivity contribution in [2.24, 2.45) is 28.6 Å². The van der Waals surface area contributed by atoms with Gasteiger partial charge in [-0.15, -0.1) is 0 Å². The second-order valence-corrected chi connectivity index (χ2v) is 8.55. The molecular formula is C16H29NS. The van der Waals surface area contributed by atoms with Crippen LogP contribution in [0.1, 0.15) is 59.8 Å². The second kappa shape index (κ2) is 3.91. The lowest BCUT2D eigenvalue weighted by atomic mass is 9.53. The highest BCUT2D eigenvalue weighted by Crippen LogP contribution is 2.74. The standard InChI is InChI=1S/C16H29NS/c1-14(2)11-6-9-15(3)7-5-8-16(4,17-10-18)13(15)12(11)14/h11-13,17-18H,5-10H2,1-4H3/t11-,12-,13+,15+,16+/m1/s1. The molecule has 0 spiro atoms. The van der Waals surface area contributed by atoms with E-state index in [1.54, 1.807) is 0 Å². The summed E-state index contributed by atoms with van der Waals surface area (Å²) in [4.78, 5) is 0. The summed E-state index contributed by atoms with van der Waals surface area (Å²) in [5.41, 5.74) is 1.50. The SMILES string of the molecule is CC1(C)[C@@H]2[C@H]1CC[C@]1(C)CCC[C@](C)(NCS)[C@@H]21. The van der Waals surface area contributed by atoms with E-state index in [1.165, 1.54) is 32.1 Å². The first kappa shape index (κ1) is 13.3. The van der Waals surface area contributed by atoms with E-state index in [4.69, 9.17) is 0 Å². The summed E-state index contributed by atoms with van der Waals surface area (Å²) in [5, 5.41) is 3.74. The molecule has 0 bridgehead atoms. The Labute approximate surface area is 118 Å². The molecule has 2 heteroatoms. The zero-order valence-corrected chi connectivity index (χ0v) is 13.3. The largest absolute Gasteiger partial charge is 0.303 e. The highest BCUT2D eigenvalue weighted by molar-refractivity contribution is 7.80. The Kier molecular flexibility index (Phi) is 2.89. The highest BCUT2D eigenvalue weighted by Gasteiger charge is 2.69. The summed E-state index contributed by atoms with van der Waals surface area (Å²) < 4.78 is 0. The van der Waals surface area contributed by atoms with E-state index < -0.39 is 0 Å². The van der Waals surface area contributed by atoms with E-state index in [1.807, 2.05) is 0 Å². The van der Waals surface area contributed by atoms with Crippen LogP contribution in [0.4, 0.5) is 0 Å². The molecule has 3 aliphatic carbocycles. The lowest BCUT2D eigenvalue weighted by Gasteiger charge is -2.55. The minimum absolute atomic E-state index is 0.325. The molecule has 104 valence electrons. The fourth-order valence-corrected chi connectivity index (χ4v) is 6.28. The predicted octanol–water partition coefficient (Wildman–Crippen LogP) is 4.09. The van der Waals surface area contributed by atoms with Gasteiger partial charge in [-0.25, -0.2) is 0 Å². The van der Waals surface area contributed by atoms with Crippen LogP contribution in [0.25, 0.3) is 0 Å². The lowest BCUT2D eigenvalue weighted by molar-refractivity contribution is -0.0219. The molecule has 0 aromatic heterocycles. The molecule has 0 aromatic carbocycles. The molecule has 1 N–H and O–H groups in total. The summed E-state index contributed by atoms with van der Waals surface area (Å²) in [7, 11) is 0. The van der Waals surface area contributed by atoms with Crippen molar-refractivity contribution in [3.05, 3.63) is 0 Å². The van der Waals surface area contributed by atoms with E-state index in [2.05, 4.69) is 45.6 Å². The van der Waals surface area contributed by atoms with Gasteiger partial charge in [0.1, 0.15) is 0 Å². The number of nitrogens with one attached hydrogen (secondary N) is 1. The average Bonchev–Trinajstić information content (AvgIpc) is 2.80. The molecule has 3 aliphatic rings. The van der Waals surface area contributed by atoms with Crippen LogP contribution in [-0.4, -0.2) is 11.4 Å². The van der Waals surface area contributed by atoms with Gasteiger partial charge in [0.2, 0.25) is 0 Å². The van der Waals surface area contributed by atoms with Crippen LogP contribution in [0, 0.1) is 28.6 Å². The zero-order valence-electron chi connectivity index (χ0n) is 12.4. The Morgan fingerprint density at radius 3 is 2.50 bits per heavy atom. The number of hydrogen-bond donors (Lipinski definition) is 2. The van der Waals surface area contributed by atoms with E-state index >= 15 is 0 Å². The van der Waals surface area contributed by atoms with E-state index in [0.717, 1.165) is 23.6 Å². The van der Waals surface area contributed by atoms with Crippen LogP contribution >= 0.6 is 12.6 Å². The fourth-order valence-electron chi connectivity index (χ4n) is 5.91. The van der Waals surface area contributed by atoms with Crippen molar-refractivity contribution in [1.29, 1.82) is 0 Å².